The molecule has 5 rings (SSSR count). The molecule has 1 amide bonds. The molecule has 0 N–H and O–H groups in total. The summed E-state index contributed by atoms with van der Waals surface area (Å²) in [5, 5.41) is 0.756. The number of fused-ring (bicyclic) bond motifs is 3. The summed E-state index contributed by atoms with van der Waals surface area (Å²) in [6.45, 7) is 1.16. The fraction of sp³-hybridized carbons (Fsp3) is 0.381. The van der Waals surface area contributed by atoms with Gasteiger partial charge in [0.25, 0.3) is 0 Å². The number of piperazine rings is 1. The minimum Gasteiger partial charge on any atom is -0.347 e. The SMILES string of the molecule is O=C(CCS(=O)(=O)c1cccc2nccn12)N1CC2CCC(C1)N2c1ccc(Cl)cn1. The molecular weight excluding hydrogens is 438 g/mol. The molecule has 3 aromatic rings. The predicted octanol–water partition coefficient (Wildman–Crippen LogP) is 2.43. The Balaban J connectivity index is 1.26. The molecule has 31 heavy (non-hydrogen) atoms. The van der Waals surface area contributed by atoms with Gasteiger partial charge in [-0.3, -0.25) is 9.20 Å². The van der Waals surface area contributed by atoms with Gasteiger partial charge in [0.2, 0.25) is 5.91 Å². The Hall–Kier alpha value is -2.65. The van der Waals surface area contributed by atoms with Gasteiger partial charge in [0, 0.05) is 50.2 Å². The molecule has 10 heteroatoms. The quantitative estimate of drug-likeness (QED) is 0.582. The summed E-state index contributed by atoms with van der Waals surface area (Å²) in [5.41, 5.74) is 0.566. The van der Waals surface area contributed by atoms with Crippen LogP contribution in [-0.2, 0) is 14.6 Å². The second-order valence-corrected chi connectivity index (χ2v) is 10.5. The Bertz CT molecular complexity index is 1210. The molecule has 8 nitrogen and oxygen atoms in total. The summed E-state index contributed by atoms with van der Waals surface area (Å²) < 4.78 is 27.3. The van der Waals surface area contributed by atoms with Crippen LogP contribution in [0.2, 0.25) is 5.02 Å². The Morgan fingerprint density at radius 3 is 2.58 bits per heavy atom. The second kappa shape index (κ2) is 7.80. The molecule has 2 aliphatic heterocycles. The molecule has 0 aromatic carbocycles. The number of carbonyl (C=O) groups excluding carboxylic acids is 1. The van der Waals surface area contributed by atoms with Crippen LogP contribution >= 0.6 is 11.6 Å². The van der Waals surface area contributed by atoms with E-state index >= 15 is 0 Å². The number of hydrogen-bond acceptors (Lipinski definition) is 6. The molecule has 162 valence electrons. The Morgan fingerprint density at radius 2 is 1.87 bits per heavy atom. The summed E-state index contributed by atoms with van der Waals surface area (Å²) in [6.07, 6.45) is 6.75. The molecule has 2 aliphatic rings. The number of likely N-dealkylation sites (tertiary alicyclic amines) is 1. The van der Waals surface area contributed by atoms with Gasteiger partial charge in [0.15, 0.2) is 9.84 Å². The van der Waals surface area contributed by atoms with Crippen molar-refractivity contribution in [1.29, 1.82) is 0 Å². The van der Waals surface area contributed by atoms with E-state index < -0.39 is 9.84 Å². The van der Waals surface area contributed by atoms with Crippen molar-refractivity contribution < 1.29 is 13.2 Å². The van der Waals surface area contributed by atoms with E-state index in [0.29, 0.717) is 23.8 Å². The zero-order valence-corrected chi connectivity index (χ0v) is 18.3. The van der Waals surface area contributed by atoms with E-state index in [1.54, 1.807) is 36.8 Å². The first-order valence-electron chi connectivity index (χ1n) is 10.2. The standard InChI is InChI=1S/C21H22ClN5O3S/c22-15-4-7-19(24-12-15)27-16-5-6-17(27)14-25(13-16)20(28)8-11-31(29,30)21-3-1-2-18-23-9-10-26(18)21/h1-4,7,9-10,12,16-17H,5-6,8,11,13-14H2. The highest BCUT2D eigenvalue weighted by Gasteiger charge is 2.42. The van der Waals surface area contributed by atoms with Crippen molar-refractivity contribution in [1.82, 2.24) is 19.3 Å². The van der Waals surface area contributed by atoms with Crippen LogP contribution in [-0.4, -0.2) is 64.5 Å². The van der Waals surface area contributed by atoms with Crippen LogP contribution < -0.4 is 4.90 Å². The summed E-state index contributed by atoms with van der Waals surface area (Å²) in [6, 6.07) is 9.07. The van der Waals surface area contributed by atoms with Gasteiger partial charge in [0.1, 0.15) is 16.5 Å². The number of carbonyl (C=O) groups is 1. The van der Waals surface area contributed by atoms with E-state index in [9.17, 15) is 13.2 Å². The van der Waals surface area contributed by atoms with Gasteiger partial charge in [-0.15, -0.1) is 0 Å². The maximum absolute atomic E-state index is 12.9. The molecule has 3 aromatic heterocycles. The highest BCUT2D eigenvalue weighted by molar-refractivity contribution is 7.91. The lowest BCUT2D eigenvalue weighted by atomic mass is 10.1. The van der Waals surface area contributed by atoms with E-state index in [4.69, 9.17) is 11.6 Å². The third-order valence-electron chi connectivity index (χ3n) is 6.11. The molecule has 0 radical (unpaired) electrons. The van der Waals surface area contributed by atoms with Gasteiger partial charge in [-0.2, -0.15) is 0 Å². The van der Waals surface area contributed by atoms with Crippen LogP contribution in [0.5, 0.6) is 0 Å². The second-order valence-electron chi connectivity index (χ2n) is 8.01. The molecule has 5 heterocycles. The van der Waals surface area contributed by atoms with Gasteiger partial charge in [-0.1, -0.05) is 17.7 Å². The van der Waals surface area contributed by atoms with Crippen molar-refractivity contribution in [3.63, 3.8) is 0 Å². The van der Waals surface area contributed by atoms with Crippen LogP contribution in [0, 0.1) is 0 Å². The Kier molecular flexibility index (Phi) is 5.10. The Morgan fingerprint density at radius 1 is 1.10 bits per heavy atom. The van der Waals surface area contributed by atoms with Gasteiger partial charge >= 0.3 is 0 Å². The third-order valence-corrected chi connectivity index (χ3v) is 8.04. The van der Waals surface area contributed by atoms with E-state index in [1.165, 1.54) is 4.40 Å². The fourth-order valence-electron chi connectivity index (χ4n) is 4.66. The smallest absolute Gasteiger partial charge is 0.223 e. The van der Waals surface area contributed by atoms with Crippen LogP contribution in [0.25, 0.3) is 5.65 Å². The van der Waals surface area contributed by atoms with Gasteiger partial charge in [0.05, 0.1) is 10.8 Å². The number of rotatable bonds is 5. The van der Waals surface area contributed by atoms with E-state index in [-0.39, 0.29) is 35.2 Å². The largest absolute Gasteiger partial charge is 0.347 e. The minimum absolute atomic E-state index is 0.0357. The number of imidazole rings is 1. The minimum atomic E-state index is -3.62. The van der Waals surface area contributed by atoms with Gasteiger partial charge < -0.3 is 9.80 Å². The third kappa shape index (κ3) is 3.76. The average molecular weight is 460 g/mol. The lowest BCUT2D eigenvalue weighted by molar-refractivity contribution is -0.131. The van der Waals surface area contributed by atoms with Crippen molar-refractivity contribution in [2.75, 3.05) is 23.7 Å². The number of amides is 1. The number of anilines is 1. The number of hydrogen-bond donors (Lipinski definition) is 0. The van der Waals surface area contributed by atoms with Crippen molar-refractivity contribution in [2.24, 2.45) is 0 Å². The van der Waals surface area contributed by atoms with E-state index in [2.05, 4.69) is 14.9 Å². The molecule has 0 spiro atoms. The lowest BCUT2D eigenvalue weighted by Gasteiger charge is -2.41. The van der Waals surface area contributed by atoms with Crippen molar-refractivity contribution in [2.45, 2.75) is 36.4 Å². The zero-order chi connectivity index (χ0) is 21.6. The van der Waals surface area contributed by atoms with Crippen molar-refractivity contribution in [3.05, 3.63) is 53.9 Å². The van der Waals surface area contributed by atoms with Crippen molar-refractivity contribution in [3.8, 4) is 0 Å². The molecule has 2 fully saturated rings. The first-order valence-corrected chi connectivity index (χ1v) is 12.3. The van der Waals surface area contributed by atoms with Gasteiger partial charge in [-0.25, -0.2) is 18.4 Å². The monoisotopic (exact) mass is 459 g/mol. The molecule has 2 unspecified atom stereocenters. The maximum atomic E-state index is 12.9. The number of pyridine rings is 2. The first-order chi connectivity index (χ1) is 14.9. The number of halogens is 1. The number of aromatic nitrogens is 3. The zero-order valence-electron chi connectivity index (χ0n) is 16.8. The van der Waals surface area contributed by atoms with E-state index in [0.717, 1.165) is 18.7 Å². The molecule has 2 saturated heterocycles. The predicted molar refractivity (Wildman–Crippen MR) is 117 cm³/mol. The van der Waals surface area contributed by atoms with Crippen LogP contribution in [0.15, 0.2) is 53.9 Å². The summed E-state index contributed by atoms with van der Waals surface area (Å²) in [4.78, 5) is 25.5. The first kappa shape index (κ1) is 20.3. The van der Waals surface area contributed by atoms with Crippen LogP contribution in [0.3, 0.4) is 0 Å². The maximum Gasteiger partial charge on any atom is 0.223 e. The highest BCUT2D eigenvalue weighted by Crippen LogP contribution is 2.34. The molecule has 0 saturated carbocycles. The highest BCUT2D eigenvalue weighted by atomic mass is 35.5. The normalized spacial score (nSPS) is 21.1. The molecule has 0 aliphatic carbocycles. The molecular formula is C21H22ClN5O3S. The number of sulfone groups is 1. The topological polar surface area (TPSA) is 87.9 Å². The molecule has 2 bridgehead atoms. The van der Waals surface area contributed by atoms with Crippen LogP contribution in [0.1, 0.15) is 19.3 Å². The van der Waals surface area contributed by atoms with Crippen molar-refractivity contribution >= 4 is 38.8 Å². The Labute approximate surface area is 185 Å². The summed E-state index contributed by atoms with van der Waals surface area (Å²) >= 11 is 5.96. The lowest BCUT2D eigenvalue weighted by Crippen LogP contribution is -2.55. The average Bonchev–Trinajstić information content (AvgIpc) is 3.34. The molecule has 2 atom stereocenters. The number of nitrogens with zero attached hydrogens (tertiary/aromatic N) is 5. The van der Waals surface area contributed by atoms with Crippen LogP contribution in [0.4, 0.5) is 5.82 Å². The van der Waals surface area contributed by atoms with E-state index in [1.807, 2.05) is 17.0 Å². The fourth-order valence-corrected chi connectivity index (χ4v) is 6.16. The summed E-state index contributed by atoms with van der Waals surface area (Å²) in [7, 11) is -3.62. The summed E-state index contributed by atoms with van der Waals surface area (Å²) in [5.74, 6) is 0.527. The van der Waals surface area contributed by atoms with Gasteiger partial charge in [-0.05, 0) is 37.1 Å².